The summed E-state index contributed by atoms with van der Waals surface area (Å²) in [6.45, 7) is 2.76. The van der Waals surface area contributed by atoms with Gasteiger partial charge >= 0.3 is 0 Å². The molecule has 8 heteroatoms. The zero-order chi connectivity index (χ0) is 14.9. The van der Waals surface area contributed by atoms with Gasteiger partial charge in [-0.15, -0.1) is 5.10 Å². The Hall–Kier alpha value is -2.06. The summed E-state index contributed by atoms with van der Waals surface area (Å²) in [6.07, 6.45) is 2.76. The lowest BCUT2D eigenvalue weighted by Gasteiger charge is -2.35. The van der Waals surface area contributed by atoms with Crippen molar-refractivity contribution in [2.24, 2.45) is 0 Å². The summed E-state index contributed by atoms with van der Waals surface area (Å²) in [5.74, 6) is 0.0251. The molecule has 112 valence electrons. The molecule has 1 fully saturated rings. The molecule has 1 aliphatic rings. The van der Waals surface area contributed by atoms with Gasteiger partial charge in [-0.3, -0.25) is 4.79 Å². The SMILES string of the molecule is Cc1ccnc2nc(C(=O)NC3(CO)CCOCC3)nn12. The van der Waals surface area contributed by atoms with Crippen molar-refractivity contribution >= 4 is 11.7 Å². The molecule has 2 N–H and O–H groups in total. The standard InChI is InChI=1S/C13H17N5O3/c1-9-2-5-14-12-15-10(17-18(9)12)11(20)16-13(8-19)3-6-21-7-4-13/h2,5,19H,3-4,6-8H2,1H3,(H,16,20). The Kier molecular flexibility index (Phi) is 3.56. The van der Waals surface area contributed by atoms with E-state index in [2.05, 4.69) is 20.4 Å². The third kappa shape index (κ3) is 2.59. The van der Waals surface area contributed by atoms with Crippen LogP contribution in [-0.4, -0.2) is 56.0 Å². The number of rotatable bonds is 3. The maximum Gasteiger partial charge on any atom is 0.291 e. The summed E-state index contributed by atoms with van der Waals surface area (Å²) in [5, 5.41) is 16.6. The predicted molar refractivity (Wildman–Crippen MR) is 72.9 cm³/mol. The van der Waals surface area contributed by atoms with Crippen molar-refractivity contribution in [3.05, 3.63) is 23.8 Å². The van der Waals surface area contributed by atoms with Crippen LogP contribution in [0.5, 0.6) is 0 Å². The van der Waals surface area contributed by atoms with Gasteiger partial charge in [-0.25, -0.2) is 9.50 Å². The van der Waals surface area contributed by atoms with Crippen LogP contribution in [0.1, 0.15) is 29.2 Å². The fraction of sp³-hybridized carbons (Fsp3) is 0.538. The van der Waals surface area contributed by atoms with E-state index in [1.54, 1.807) is 12.3 Å². The monoisotopic (exact) mass is 291 g/mol. The number of carbonyl (C=O) groups excluding carboxylic acids is 1. The molecule has 2 aromatic heterocycles. The van der Waals surface area contributed by atoms with Gasteiger partial charge < -0.3 is 15.2 Å². The molecule has 0 unspecified atom stereocenters. The minimum atomic E-state index is -0.657. The molecule has 3 rings (SSSR count). The number of aryl methyl sites for hydroxylation is 1. The molecule has 2 aromatic rings. The van der Waals surface area contributed by atoms with Crippen LogP contribution in [0.4, 0.5) is 0 Å². The summed E-state index contributed by atoms with van der Waals surface area (Å²) in [6, 6.07) is 1.79. The van der Waals surface area contributed by atoms with Gasteiger partial charge in [0.05, 0.1) is 12.1 Å². The quantitative estimate of drug-likeness (QED) is 0.805. The number of hydrogen-bond donors (Lipinski definition) is 2. The molecular weight excluding hydrogens is 274 g/mol. The van der Waals surface area contributed by atoms with E-state index in [1.165, 1.54) is 4.52 Å². The molecule has 0 atom stereocenters. The Morgan fingerprint density at radius 1 is 1.52 bits per heavy atom. The summed E-state index contributed by atoms with van der Waals surface area (Å²) < 4.78 is 6.79. The van der Waals surface area contributed by atoms with Crippen LogP contribution < -0.4 is 5.32 Å². The van der Waals surface area contributed by atoms with Gasteiger partial charge in [0.25, 0.3) is 11.7 Å². The highest BCUT2D eigenvalue weighted by atomic mass is 16.5. The van der Waals surface area contributed by atoms with E-state index < -0.39 is 11.4 Å². The first-order valence-corrected chi connectivity index (χ1v) is 6.83. The third-order valence-electron chi connectivity index (χ3n) is 3.76. The van der Waals surface area contributed by atoms with Crippen molar-refractivity contribution in [2.75, 3.05) is 19.8 Å². The lowest BCUT2D eigenvalue weighted by atomic mass is 9.91. The highest BCUT2D eigenvalue weighted by molar-refractivity contribution is 5.91. The van der Waals surface area contributed by atoms with Gasteiger partial charge in [-0.1, -0.05) is 0 Å². The molecule has 0 spiro atoms. The highest BCUT2D eigenvalue weighted by Gasteiger charge is 2.34. The number of fused-ring (bicyclic) bond motifs is 1. The molecule has 0 aliphatic carbocycles. The van der Waals surface area contributed by atoms with Crippen molar-refractivity contribution in [3.8, 4) is 0 Å². The summed E-state index contributed by atoms with van der Waals surface area (Å²) in [5.41, 5.74) is 0.185. The molecule has 8 nitrogen and oxygen atoms in total. The van der Waals surface area contributed by atoms with Crippen molar-refractivity contribution in [1.29, 1.82) is 0 Å². The first-order valence-electron chi connectivity index (χ1n) is 6.83. The largest absolute Gasteiger partial charge is 0.394 e. The average molecular weight is 291 g/mol. The van der Waals surface area contributed by atoms with E-state index in [4.69, 9.17) is 4.74 Å². The second-order valence-electron chi connectivity index (χ2n) is 5.24. The van der Waals surface area contributed by atoms with Gasteiger partial charge in [0.15, 0.2) is 0 Å². The van der Waals surface area contributed by atoms with E-state index in [-0.39, 0.29) is 12.4 Å². The second-order valence-corrected chi connectivity index (χ2v) is 5.24. The number of aromatic nitrogens is 4. The zero-order valence-electron chi connectivity index (χ0n) is 11.7. The number of ether oxygens (including phenoxy) is 1. The lowest BCUT2D eigenvalue weighted by molar-refractivity contribution is 0.0123. The first-order chi connectivity index (χ1) is 10.1. The molecule has 0 saturated carbocycles. The van der Waals surface area contributed by atoms with E-state index in [0.29, 0.717) is 31.8 Å². The summed E-state index contributed by atoms with van der Waals surface area (Å²) in [4.78, 5) is 20.5. The van der Waals surface area contributed by atoms with Crippen LogP contribution in [0.2, 0.25) is 0 Å². The van der Waals surface area contributed by atoms with E-state index in [0.717, 1.165) is 5.69 Å². The Labute approximate surface area is 121 Å². The molecule has 1 aliphatic heterocycles. The van der Waals surface area contributed by atoms with E-state index >= 15 is 0 Å². The van der Waals surface area contributed by atoms with Gasteiger partial charge in [-0.05, 0) is 25.8 Å². The minimum Gasteiger partial charge on any atom is -0.394 e. The number of hydrogen-bond acceptors (Lipinski definition) is 6. The second kappa shape index (κ2) is 5.38. The van der Waals surface area contributed by atoms with Crippen molar-refractivity contribution in [1.82, 2.24) is 24.9 Å². The fourth-order valence-corrected chi connectivity index (χ4v) is 2.38. The number of aliphatic hydroxyl groups excluding tert-OH is 1. The van der Waals surface area contributed by atoms with Crippen molar-refractivity contribution in [2.45, 2.75) is 25.3 Å². The Bertz CT molecular complexity index is 663. The lowest BCUT2D eigenvalue weighted by Crippen LogP contribution is -2.54. The predicted octanol–water partition coefficient (Wildman–Crippen LogP) is -0.296. The van der Waals surface area contributed by atoms with Crippen LogP contribution >= 0.6 is 0 Å². The Morgan fingerprint density at radius 3 is 2.95 bits per heavy atom. The normalized spacial score (nSPS) is 17.8. The molecule has 0 radical (unpaired) electrons. The molecule has 1 amide bonds. The highest BCUT2D eigenvalue weighted by Crippen LogP contribution is 2.20. The van der Waals surface area contributed by atoms with Gasteiger partial charge in [0.1, 0.15) is 0 Å². The fourth-order valence-electron chi connectivity index (χ4n) is 2.38. The van der Waals surface area contributed by atoms with Crippen molar-refractivity contribution in [3.63, 3.8) is 0 Å². The average Bonchev–Trinajstić information content (AvgIpc) is 2.94. The van der Waals surface area contributed by atoms with E-state index in [1.807, 2.05) is 6.92 Å². The smallest absolute Gasteiger partial charge is 0.291 e. The van der Waals surface area contributed by atoms with Crippen molar-refractivity contribution < 1.29 is 14.6 Å². The maximum absolute atomic E-state index is 12.3. The Balaban J connectivity index is 1.84. The van der Waals surface area contributed by atoms with Crippen LogP contribution in [0.25, 0.3) is 5.78 Å². The molecular formula is C13H17N5O3. The van der Waals surface area contributed by atoms with Gasteiger partial charge in [0, 0.05) is 25.1 Å². The molecule has 1 saturated heterocycles. The van der Waals surface area contributed by atoms with Crippen LogP contribution in [0.3, 0.4) is 0 Å². The molecule has 0 aromatic carbocycles. The maximum atomic E-state index is 12.3. The summed E-state index contributed by atoms with van der Waals surface area (Å²) in [7, 11) is 0. The summed E-state index contributed by atoms with van der Waals surface area (Å²) >= 11 is 0. The number of aliphatic hydroxyl groups is 1. The van der Waals surface area contributed by atoms with Crippen LogP contribution in [0.15, 0.2) is 12.3 Å². The van der Waals surface area contributed by atoms with E-state index in [9.17, 15) is 9.90 Å². The zero-order valence-corrected chi connectivity index (χ0v) is 11.7. The number of nitrogens with one attached hydrogen (secondary N) is 1. The topological polar surface area (TPSA) is 102 Å². The third-order valence-corrected chi connectivity index (χ3v) is 3.76. The molecule has 21 heavy (non-hydrogen) atoms. The number of nitrogens with zero attached hydrogens (tertiary/aromatic N) is 4. The van der Waals surface area contributed by atoms with Crippen LogP contribution in [0, 0.1) is 6.92 Å². The van der Waals surface area contributed by atoms with Gasteiger partial charge in [-0.2, -0.15) is 4.98 Å². The number of carbonyl (C=O) groups is 1. The Morgan fingerprint density at radius 2 is 2.29 bits per heavy atom. The molecule has 3 heterocycles. The first kappa shape index (κ1) is 13.9. The molecule has 0 bridgehead atoms. The van der Waals surface area contributed by atoms with Gasteiger partial charge in [0.2, 0.25) is 5.82 Å². The van der Waals surface area contributed by atoms with Crippen LogP contribution in [-0.2, 0) is 4.74 Å². The number of amides is 1. The minimum absolute atomic E-state index is 0.0520.